The van der Waals surface area contributed by atoms with E-state index in [1.165, 1.54) is 0 Å². The molecule has 1 N–H and O–H groups in total. The highest BCUT2D eigenvalue weighted by Gasteiger charge is 2.48. The van der Waals surface area contributed by atoms with E-state index in [1.54, 1.807) is 0 Å². The number of ether oxygens (including phenoxy) is 1. The summed E-state index contributed by atoms with van der Waals surface area (Å²) in [5.41, 5.74) is 4.89. The van der Waals surface area contributed by atoms with Gasteiger partial charge in [-0.05, 0) is 30.2 Å². The van der Waals surface area contributed by atoms with Crippen molar-refractivity contribution in [2.24, 2.45) is 0 Å². The largest absolute Gasteiger partial charge is 0.432 e. The molecule has 8 rings (SSSR count). The van der Waals surface area contributed by atoms with Crippen molar-refractivity contribution in [3.63, 3.8) is 0 Å². The summed E-state index contributed by atoms with van der Waals surface area (Å²) in [7, 11) is -2.93. The molecule has 5 aromatic rings. The molecule has 3 fully saturated rings. The lowest BCUT2D eigenvalue weighted by atomic mass is 10.1. The van der Waals surface area contributed by atoms with Crippen LogP contribution in [0.3, 0.4) is 0 Å². The number of anilines is 1. The fraction of sp³-hybridized carbons (Fsp3) is 0.370. The fourth-order valence-corrected chi connectivity index (χ4v) is 8.33. The van der Waals surface area contributed by atoms with E-state index in [1.807, 2.05) is 36.7 Å². The van der Waals surface area contributed by atoms with Crippen LogP contribution >= 0.6 is 0 Å². The molecule has 0 saturated carbocycles. The Balaban J connectivity index is 1.26. The Labute approximate surface area is 218 Å². The molecule has 0 radical (unpaired) electrons. The van der Waals surface area contributed by atoms with Crippen LogP contribution < -0.4 is 4.90 Å². The lowest BCUT2D eigenvalue weighted by Crippen LogP contribution is -2.39. The summed E-state index contributed by atoms with van der Waals surface area (Å²) in [5.74, 6) is 1.65. The number of aromatic amines is 1. The number of aromatic nitrogens is 4. The van der Waals surface area contributed by atoms with Crippen molar-refractivity contribution in [2.45, 2.75) is 24.3 Å². The number of hydrogen-bond acceptors (Lipinski definition) is 9. The van der Waals surface area contributed by atoms with Gasteiger partial charge in [0.05, 0.1) is 29.6 Å². The van der Waals surface area contributed by atoms with Crippen molar-refractivity contribution in [3.05, 3.63) is 48.3 Å². The summed E-state index contributed by atoms with van der Waals surface area (Å²) in [4.78, 5) is 22.5. The minimum atomic E-state index is -2.93. The number of pyridine rings is 1. The minimum absolute atomic E-state index is 0.0884. The standard InChI is InChI=1S/C27H26N6O4S/c34-38(35)15-17-11-18(38)14-33(17)13-16-10-21-23-24(37-27(21)29-12-16)26(32-6-8-36-9-7-32)31-25(30-23)20-2-1-3-22-19(20)4-5-28-22/h1-5,10,12,17-18,28H,6-9,11,13-15H2/t17-,18-/m0/s1. The normalized spacial score (nSPS) is 23.3. The molecule has 0 unspecified atom stereocenters. The second-order valence-electron chi connectivity index (χ2n) is 10.5. The molecule has 194 valence electrons. The van der Waals surface area contributed by atoms with Gasteiger partial charge >= 0.3 is 0 Å². The van der Waals surface area contributed by atoms with Gasteiger partial charge in [0, 0.05) is 61.1 Å². The van der Waals surface area contributed by atoms with Gasteiger partial charge in [-0.1, -0.05) is 12.1 Å². The first-order valence-corrected chi connectivity index (χ1v) is 14.7. The average molecular weight is 531 g/mol. The molecule has 2 atom stereocenters. The third-order valence-electron chi connectivity index (χ3n) is 8.16. The Morgan fingerprint density at radius 3 is 2.82 bits per heavy atom. The zero-order valence-corrected chi connectivity index (χ0v) is 21.4. The van der Waals surface area contributed by atoms with Crippen LogP contribution in [0.15, 0.2) is 47.1 Å². The van der Waals surface area contributed by atoms with Crippen molar-refractivity contribution < 1.29 is 17.6 Å². The quantitative estimate of drug-likeness (QED) is 0.374. The molecule has 7 heterocycles. The van der Waals surface area contributed by atoms with Crippen LogP contribution in [-0.4, -0.2) is 83.1 Å². The number of morpholine rings is 1. The zero-order valence-electron chi connectivity index (χ0n) is 20.6. The summed E-state index contributed by atoms with van der Waals surface area (Å²) in [5, 5.41) is 1.67. The molecule has 11 heteroatoms. The van der Waals surface area contributed by atoms with Gasteiger partial charge in [-0.2, -0.15) is 0 Å². The molecular formula is C27H26N6O4S. The maximum atomic E-state index is 12.2. The van der Waals surface area contributed by atoms with Crippen LogP contribution in [-0.2, 0) is 21.1 Å². The van der Waals surface area contributed by atoms with Crippen molar-refractivity contribution in [1.29, 1.82) is 0 Å². The van der Waals surface area contributed by atoms with Crippen molar-refractivity contribution >= 4 is 48.8 Å². The van der Waals surface area contributed by atoms with E-state index >= 15 is 0 Å². The van der Waals surface area contributed by atoms with E-state index in [-0.39, 0.29) is 17.0 Å². The van der Waals surface area contributed by atoms with E-state index in [0.717, 1.165) is 58.3 Å². The van der Waals surface area contributed by atoms with E-state index in [9.17, 15) is 8.42 Å². The predicted octanol–water partition coefficient (Wildman–Crippen LogP) is 3.13. The third kappa shape index (κ3) is 3.45. The van der Waals surface area contributed by atoms with Gasteiger partial charge in [-0.3, -0.25) is 4.90 Å². The topological polar surface area (TPSA) is 117 Å². The molecule has 4 aromatic heterocycles. The molecule has 10 nitrogen and oxygen atoms in total. The van der Waals surface area contributed by atoms with Gasteiger partial charge in [-0.25, -0.2) is 23.4 Å². The second kappa shape index (κ2) is 8.23. The number of likely N-dealkylation sites (tertiary alicyclic amines) is 1. The number of furan rings is 1. The monoisotopic (exact) mass is 530 g/mol. The van der Waals surface area contributed by atoms with Crippen molar-refractivity contribution in [2.75, 3.05) is 43.5 Å². The lowest BCUT2D eigenvalue weighted by molar-refractivity contribution is 0.122. The first-order chi connectivity index (χ1) is 18.5. The fourth-order valence-electron chi connectivity index (χ4n) is 6.24. The SMILES string of the molecule is O=S1(=O)C[C@@H]2C[C@H]1CN2Cc1cnc2oc3c(N4CCOCC4)nc(-c4cccc5[nH]ccc45)nc3c2c1. The summed E-state index contributed by atoms with van der Waals surface area (Å²) in [6.07, 6.45) is 4.49. The Morgan fingerprint density at radius 2 is 2.00 bits per heavy atom. The van der Waals surface area contributed by atoms with Crippen LogP contribution in [0.25, 0.3) is 44.5 Å². The number of benzene rings is 1. The maximum absolute atomic E-state index is 12.2. The molecule has 3 saturated heterocycles. The summed E-state index contributed by atoms with van der Waals surface area (Å²) < 4.78 is 36.3. The Morgan fingerprint density at radius 1 is 1.11 bits per heavy atom. The number of hydrogen-bond donors (Lipinski definition) is 1. The maximum Gasteiger partial charge on any atom is 0.229 e. The van der Waals surface area contributed by atoms with Gasteiger partial charge in [0.1, 0.15) is 5.52 Å². The Kier molecular flexibility index (Phi) is 4.86. The molecule has 0 aliphatic carbocycles. The number of fused-ring (bicyclic) bond motifs is 6. The van der Waals surface area contributed by atoms with Gasteiger partial charge in [0.15, 0.2) is 27.1 Å². The number of nitrogens with zero attached hydrogens (tertiary/aromatic N) is 5. The molecule has 2 bridgehead atoms. The number of sulfone groups is 1. The molecular weight excluding hydrogens is 504 g/mol. The van der Waals surface area contributed by atoms with Gasteiger partial charge < -0.3 is 19.0 Å². The molecule has 1 aromatic carbocycles. The summed E-state index contributed by atoms with van der Waals surface area (Å²) >= 11 is 0. The van der Waals surface area contributed by atoms with Crippen LogP contribution in [0.2, 0.25) is 0 Å². The molecule has 3 aliphatic rings. The van der Waals surface area contributed by atoms with E-state index in [4.69, 9.17) is 19.1 Å². The van der Waals surface area contributed by atoms with Gasteiger partial charge in [0.25, 0.3) is 0 Å². The first kappa shape index (κ1) is 22.4. The predicted molar refractivity (Wildman–Crippen MR) is 144 cm³/mol. The van der Waals surface area contributed by atoms with E-state index in [2.05, 4.69) is 25.8 Å². The van der Waals surface area contributed by atoms with Gasteiger partial charge in [0.2, 0.25) is 5.71 Å². The highest BCUT2D eigenvalue weighted by atomic mass is 32.2. The van der Waals surface area contributed by atoms with Crippen LogP contribution in [0, 0.1) is 0 Å². The van der Waals surface area contributed by atoms with Crippen molar-refractivity contribution in [1.82, 2.24) is 24.8 Å². The summed E-state index contributed by atoms with van der Waals surface area (Å²) in [6.45, 7) is 3.94. The minimum Gasteiger partial charge on any atom is -0.432 e. The molecule has 3 aliphatic heterocycles. The summed E-state index contributed by atoms with van der Waals surface area (Å²) in [6, 6.07) is 10.3. The van der Waals surface area contributed by atoms with Crippen LogP contribution in [0.5, 0.6) is 0 Å². The lowest BCUT2D eigenvalue weighted by Gasteiger charge is -2.27. The zero-order chi connectivity index (χ0) is 25.4. The third-order valence-corrected chi connectivity index (χ3v) is 10.4. The molecule has 38 heavy (non-hydrogen) atoms. The van der Waals surface area contributed by atoms with E-state index in [0.29, 0.717) is 43.4 Å². The number of rotatable bonds is 4. The van der Waals surface area contributed by atoms with Crippen LogP contribution in [0.4, 0.5) is 5.82 Å². The van der Waals surface area contributed by atoms with Crippen molar-refractivity contribution in [3.8, 4) is 11.4 Å². The Bertz CT molecular complexity index is 1820. The number of nitrogens with one attached hydrogen (secondary N) is 1. The highest BCUT2D eigenvalue weighted by molar-refractivity contribution is 7.92. The van der Waals surface area contributed by atoms with E-state index < -0.39 is 9.84 Å². The molecule has 0 amide bonds. The smallest absolute Gasteiger partial charge is 0.229 e. The molecule has 0 spiro atoms. The Hall–Kier alpha value is -3.54. The highest BCUT2D eigenvalue weighted by Crippen LogP contribution is 2.37. The number of H-pyrrole nitrogens is 1. The first-order valence-electron chi connectivity index (χ1n) is 13.0. The van der Waals surface area contributed by atoms with Crippen LogP contribution in [0.1, 0.15) is 12.0 Å². The van der Waals surface area contributed by atoms with Gasteiger partial charge in [-0.15, -0.1) is 0 Å². The second-order valence-corrected chi connectivity index (χ2v) is 12.8. The average Bonchev–Trinajstić information content (AvgIpc) is 3.70.